The van der Waals surface area contributed by atoms with Gasteiger partial charge in [0.2, 0.25) is 0 Å². The predicted octanol–water partition coefficient (Wildman–Crippen LogP) is 3.32. The highest BCUT2D eigenvalue weighted by Gasteiger charge is 2.16. The van der Waals surface area contributed by atoms with Crippen molar-refractivity contribution in [3.8, 4) is 0 Å². The Labute approximate surface area is 179 Å². The molecule has 3 aromatic rings. The summed E-state index contributed by atoms with van der Waals surface area (Å²) >= 11 is 0. The summed E-state index contributed by atoms with van der Waals surface area (Å²) in [6.45, 7) is 3.25. The van der Waals surface area contributed by atoms with Gasteiger partial charge in [-0.25, -0.2) is 12.8 Å². The monoisotopic (exact) mass is 441 g/mol. The fraction of sp³-hybridized carbons (Fsp3) is 0.0909. The van der Waals surface area contributed by atoms with Crippen molar-refractivity contribution in [3.05, 3.63) is 94.8 Å². The van der Waals surface area contributed by atoms with Crippen molar-refractivity contribution in [2.24, 2.45) is 0 Å². The van der Waals surface area contributed by atoms with E-state index in [4.69, 9.17) is 0 Å². The molecule has 0 aliphatic carbocycles. The second-order valence-corrected chi connectivity index (χ2v) is 8.50. The molecule has 0 spiro atoms. The van der Waals surface area contributed by atoms with Crippen LogP contribution in [0, 0.1) is 19.7 Å². The molecule has 3 N–H and O–H groups in total. The van der Waals surface area contributed by atoms with Crippen LogP contribution in [0.2, 0.25) is 0 Å². The molecule has 0 aromatic heterocycles. The van der Waals surface area contributed by atoms with Crippen molar-refractivity contribution < 1.29 is 22.4 Å². The number of rotatable bonds is 5. The Morgan fingerprint density at radius 1 is 0.806 bits per heavy atom. The summed E-state index contributed by atoms with van der Waals surface area (Å²) < 4.78 is 40.7. The summed E-state index contributed by atoms with van der Waals surface area (Å²) in [5.41, 5.74) is 6.51. The summed E-state index contributed by atoms with van der Waals surface area (Å²) in [7, 11) is -3.92. The lowest BCUT2D eigenvalue weighted by Crippen LogP contribution is -2.41. The van der Waals surface area contributed by atoms with Gasteiger partial charge in [-0.3, -0.25) is 25.2 Å². The molecule has 0 saturated carbocycles. The smallest absolute Gasteiger partial charge is 0.269 e. The van der Waals surface area contributed by atoms with Crippen molar-refractivity contribution in [2.45, 2.75) is 18.7 Å². The standard InChI is InChI=1S/C22H20FN3O4S/c1-14-5-3-4-6-19(14)22(28)25-24-21(27)16-7-9-17(10-8-16)26-31(29,30)18-11-12-20(23)15(2)13-18/h3-13,26H,1-2H3,(H,24,27)(H,25,28). The molecule has 3 rings (SSSR count). The normalized spacial score (nSPS) is 10.9. The molecule has 0 unspecified atom stereocenters. The van der Waals surface area contributed by atoms with E-state index in [0.717, 1.165) is 11.6 Å². The van der Waals surface area contributed by atoms with Crippen LogP contribution in [0.4, 0.5) is 10.1 Å². The number of carbonyl (C=O) groups is 2. The molecule has 0 atom stereocenters. The number of nitrogens with one attached hydrogen (secondary N) is 3. The lowest BCUT2D eigenvalue weighted by Gasteiger charge is -2.11. The Morgan fingerprint density at radius 2 is 1.45 bits per heavy atom. The van der Waals surface area contributed by atoms with E-state index in [0.29, 0.717) is 5.56 Å². The summed E-state index contributed by atoms with van der Waals surface area (Å²) in [5, 5.41) is 0. The number of halogens is 1. The third-order valence-electron chi connectivity index (χ3n) is 4.52. The van der Waals surface area contributed by atoms with Gasteiger partial charge in [0.15, 0.2) is 0 Å². The fourth-order valence-electron chi connectivity index (χ4n) is 2.77. The molecule has 0 aliphatic rings. The second kappa shape index (κ2) is 8.97. The van der Waals surface area contributed by atoms with E-state index < -0.39 is 27.7 Å². The highest BCUT2D eigenvalue weighted by Crippen LogP contribution is 2.19. The lowest BCUT2D eigenvalue weighted by atomic mass is 10.1. The SMILES string of the molecule is Cc1cc(S(=O)(=O)Nc2ccc(C(=O)NNC(=O)c3ccccc3C)cc2)ccc1F. The van der Waals surface area contributed by atoms with Gasteiger partial charge in [-0.15, -0.1) is 0 Å². The van der Waals surface area contributed by atoms with Crippen LogP contribution in [0.3, 0.4) is 0 Å². The second-order valence-electron chi connectivity index (χ2n) is 6.82. The average Bonchev–Trinajstić information content (AvgIpc) is 2.74. The number of anilines is 1. The first-order valence-corrected chi connectivity index (χ1v) is 10.7. The zero-order chi connectivity index (χ0) is 22.6. The molecule has 7 nitrogen and oxygen atoms in total. The Hall–Kier alpha value is -3.72. The van der Waals surface area contributed by atoms with Gasteiger partial charge >= 0.3 is 0 Å². The van der Waals surface area contributed by atoms with Crippen LogP contribution in [0.1, 0.15) is 31.8 Å². The number of amides is 2. The molecule has 31 heavy (non-hydrogen) atoms. The van der Waals surface area contributed by atoms with Gasteiger partial charge in [0.25, 0.3) is 21.8 Å². The number of benzene rings is 3. The Bertz CT molecular complexity index is 1240. The van der Waals surface area contributed by atoms with Gasteiger partial charge in [0, 0.05) is 16.8 Å². The molecule has 0 radical (unpaired) electrons. The molecular weight excluding hydrogens is 421 g/mol. The van der Waals surface area contributed by atoms with Crippen molar-refractivity contribution in [2.75, 3.05) is 4.72 Å². The van der Waals surface area contributed by atoms with Crippen molar-refractivity contribution in [1.29, 1.82) is 0 Å². The minimum atomic E-state index is -3.92. The third kappa shape index (κ3) is 5.26. The number of carbonyl (C=O) groups excluding carboxylic acids is 2. The first-order chi connectivity index (χ1) is 14.7. The number of hydrogen-bond donors (Lipinski definition) is 3. The number of sulfonamides is 1. The maximum Gasteiger partial charge on any atom is 0.269 e. The number of hydrogen-bond acceptors (Lipinski definition) is 4. The summed E-state index contributed by atoms with van der Waals surface area (Å²) in [6, 6.07) is 16.1. The number of hydrazine groups is 1. The van der Waals surface area contributed by atoms with Crippen LogP contribution in [-0.2, 0) is 10.0 Å². The molecule has 0 bridgehead atoms. The molecule has 0 saturated heterocycles. The van der Waals surface area contributed by atoms with E-state index in [1.807, 2.05) is 0 Å². The fourth-order valence-corrected chi connectivity index (χ4v) is 3.91. The Kier molecular flexibility index (Phi) is 6.36. The minimum Gasteiger partial charge on any atom is -0.280 e. The Morgan fingerprint density at radius 3 is 2.10 bits per heavy atom. The van der Waals surface area contributed by atoms with Crippen molar-refractivity contribution in [3.63, 3.8) is 0 Å². The first kappa shape index (κ1) is 22.0. The maximum absolute atomic E-state index is 13.4. The maximum atomic E-state index is 13.4. The summed E-state index contributed by atoms with van der Waals surface area (Å²) in [4.78, 5) is 24.3. The lowest BCUT2D eigenvalue weighted by molar-refractivity contribution is 0.0846. The van der Waals surface area contributed by atoms with Gasteiger partial charge in [-0.05, 0) is 73.5 Å². The van der Waals surface area contributed by atoms with Crippen LogP contribution in [0.15, 0.2) is 71.6 Å². The van der Waals surface area contributed by atoms with Crippen LogP contribution >= 0.6 is 0 Å². The predicted molar refractivity (Wildman–Crippen MR) is 114 cm³/mol. The topological polar surface area (TPSA) is 104 Å². The average molecular weight is 441 g/mol. The minimum absolute atomic E-state index is 0.0767. The van der Waals surface area contributed by atoms with Gasteiger partial charge in [-0.2, -0.15) is 0 Å². The van der Waals surface area contributed by atoms with E-state index in [1.165, 1.54) is 43.3 Å². The van der Waals surface area contributed by atoms with E-state index in [9.17, 15) is 22.4 Å². The number of aryl methyl sites for hydroxylation is 2. The van der Waals surface area contributed by atoms with Crippen LogP contribution in [-0.4, -0.2) is 20.2 Å². The quantitative estimate of drug-likeness (QED) is 0.529. The molecule has 0 aliphatic heterocycles. The Balaban J connectivity index is 1.64. The van der Waals surface area contributed by atoms with Gasteiger partial charge in [0.1, 0.15) is 5.82 Å². The molecule has 2 amide bonds. The first-order valence-electron chi connectivity index (χ1n) is 9.23. The van der Waals surface area contributed by atoms with Gasteiger partial charge in [-0.1, -0.05) is 18.2 Å². The third-order valence-corrected chi connectivity index (χ3v) is 5.90. The molecule has 0 heterocycles. The molecule has 3 aromatic carbocycles. The van der Waals surface area contributed by atoms with E-state index >= 15 is 0 Å². The van der Waals surface area contributed by atoms with Crippen LogP contribution in [0.5, 0.6) is 0 Å². The zero-order valence-corrected chi connectivity index (χ0v) is 17.6. The summed E-state index contributed by atoms with van der Waals surface area (Å²) in [6.07, 6.45) is 0. The highest BCUT2D eigenvalue weighted by molar-refractivity contribution is 7.92. The molecule has 0 fully saturated rings. The molecule has 9 heteroatoms. The van der Waals surface area contributed by atoms with E-state index in [-0.39, 0.29) is 21.7 Å². The van der Waals surface area contributed by atoms with Crippen LogP contribution < -0.4 is 15.6 Å². The van der Waals surface area contributed by atoms with E-state index in [2.05, 4.69) is 15.6 Å². The molecule has 160 valence electrons. The summed E-state index contributed by atoms with van der Waals surface area (Å²) in [5.74, 6) is -1.51. The van der Waals surface area contributed by atoms with Crippen molar-refractivity contribution >= 4 is 27.5 Å². The van der Waals surface area contributed by atoms with Crippen molar-refractivity contribution in [1.82, 2.24) is 10.9 Å². The van der Waals surface area contributed by atoms with Crippen LogP contribution in [0.25, 0.3) is 0 Å². The largest absolute Gasteiger partial charge is 0.280 e. The van der Waals surface area contributed by atoms with Gasteiger partial charge < -0.3 is 0 Å². The van der Waals surface area contributed by atoms with E-state index in [1.54, 1.807) is 31.2 Å². The highest BCUT2D eigenvalue weighted by atomic mass is 32.2. The molecular formula is C22H20FN3O4S. The van der Waals surface area contributed by atoms with Gasteiger partial charge in [0.05, 0.1) is 4.90 Å². The zero-order valence-electron chi connectivity index (χ0n) is 16.8.